The lowest BCUT2D eigenvalue weighted by Gasteiger charge is -2.18. The summed E-state index contributed by atoms with van der Waals surface area (Å²) < 4.78 is 0. The van der Waals surface area contributed by atoms with Crippen molar-refractivity contribution >= 4 is 16.7 Å². The number of ketones is 1. The minimum Gasteiger partial charge on any atom is -0.310 e. The lowest BCUT2D eigenvalue weighted by atomic mass is 9.83. The molecule has 1 aromatic heterocycles. The zero-order valence-electron chi connectivity index (χ0n) is 11.6. The number of nitrogens with one attached hydrogen (secondary N) is 1. The van der Waals surface area contributed by atoms with Gasteiger partial charge in [0.15, 0.2) is 5.78 Å². The molecule has 2 aliphatic heterocycles. The van der Waals surface area contributed by atoms with Gasteiger partial charge in [0.05, 0.1) is 5.52 Å². The van der Waals surface area contributed by atoms with Crippen LogP contribution in [0.5, 0.6) is 0 Å². The second-order valence-electron chi connectivity index (χ2n) is 6.11. The fourth-order valence-corrected chi connectivity index (χ4v) is 3.71. The Morgan fingerprint density at radius 3 is 2.90 bits per heavy atom. The van der Waals surface area contributed by atoms with Crippen LogP contribution in [0, 0.1) is 12.8 Å². The van der Waals surface area contributed by atoms with Crippen molar-refractivity contribution in [2.24, 2.45) is 5.92 Å². The SMILES string of the molecule is Cc1ccc2cc(C(=O)C3CC4CCC3N4)ccc2n1. The second kappa shape index (κ2) is 4.38. The van der Waals surface area contributed by atoms with Gasteiger partial charge in [-0.2, -0.15) is 0 Å². The summed E-state index contributed by atoms with van der Waals surface area (Å²) in [7, 11) is 0. The Balaban J connectivity index is 1.68. The Kier molecular flexibility index (Phi) is 2.64. The lowest BCUT2D eigenvalue weighted by Crippen LogP contribution is -2.28. The molecule has 4 rings (SSSR count). The highest BCUT2D eigenvalue weighted by Gasteiger charge is 2.42. The van der Waals surface area contributed by atoms with Gasteiger partial charge >= 0.3 is 0 Å². The molecule has 1 N–H and O–H groups in total. The number of Topliss-reactive ketones (excluding diaryl/α,β-unsaturated/α-hetero) is 1. The van der Waals surface area contributed by atoms with E-state index in [1.54, 1.807) is 0 Å². The number of nitrogens with zero attached hydrogens (tertiary/aromatic N) is 1. The van der Waals surface area contributed by atoms with Gasteiger partial charge in [0.1, 0.15) is 0 Å². The third kappa shape index (κ3) is 1.85. The molecule has 2 aliphatic rings. The molecule has 102 valence electrons. The van der Waals surface area contributed by atoms with Crippen LogP contribution in [0.3, 0.4) is 0 Å². The van der Waals surface area contributed by atoms with E-state index in [4.69, 9.17) is 0 Å². The molecular formula is C17H18N2O. The lowest BCUT2D eigenvalue weighted by molar-refractivity contribution is 0.0901. The van der Waals surface area contributed by atoms with E-state index < -0.39 is 0 Å². The van der Waals surface area contributed by atoms with Crippen LogP contribution in [-0.4, -0.2) is 22.9 Å². The summed E-state index contributed by atoms with van der Waals surface area (Å²) >= 11 is 0. The first-order chi connectivity index (χ1) is 9.70. The van der Waals surface area contributed by atoms with Gasteiger partial charge < -0.3 is 5.32 Å². The number of hydrogen-bond donors (Lipinski definition) is 1. The normalized spacial score (nSPS) is 28.1. The van der Waals surface area contributed by atoms with Gasteiger partial charge in [-0.3, -0.25) is 9.78 Å². The number of aryl methyl sites for hydroxylation is 1. The van der Waals surface area contributed by atoms with Crippen LogP contribution in [0.25, 0.3) is 10.9 Å². The molecule has 2 bridgehead atoms. The molecule has 2 fully saturated rings. The molecule has 0 radical (unpaired) electrons. The minimum absolute atomic E-state index is 0.171. The average molecular weight is 266 g/mol. The maximum Gasteiger partial charge on any atom is 0.167 e. The Labute approximate surface area is 118 Å². The van der Waals surface area contributed by atoms with Crippen molar-refractivity contribution in [3.05, 3.63) is 41.6 Å². The van der Waals surface area contributed by atoms with Crippen LogP contribution >= 0.6 is 0 Å². The molecule has 3 unspecified atom stereocenters. The Bertz CT molecular complexity index is 694. The summed E-state index contributed by atoms with van der Waals surface area (Å²) in [5.41, 5.74) is 2.81. The van der Waals surface area contributed by atoms with E-state index in [0.717, 1.165) is 35.0 Å². The van der Waals surface area contributed by atoms with Crippen molar-refractivity contribution < 1.29 is 4.79 Å². The molecule has 2 saturated heterocycles. The van der Waals surface area contributed by atoms with Crippen molar-refractivity contribution in [3.8, 4) is 0 Å². The molecule has 0 spiro atoms. The minimum atomic E-state index is 0.171. The molecular weight excluding hydrogens is 248 g/mol. The van der Waals surface area contributed by atoms with E-state index in [1.807, 2.05) is 37.3 Å². The Hall–Kier alpha value is -1.74. The second-order valence-corrected chi connectivity index (χ2v) is 6.11. The summed E-state index contributed by atoms with van der Waals surface area (Å²) in [5, 5.41) is 4.59. The number of carbonyl (C=O) groups excluding carboxylic acids is 1. The maximum absolute atomic E-state index is 12.7. The number of fused-ring (bicyclic) bond motifs is 3. The van der Waals surface area contributed by atoms with E-state index in [-0.39, 0.29) is 5.92 Å². The van der Waals surface area contributed by atoms with Crippen molar-refractivity contribution in [1.29, 1.82) is 0 Å². The van der Waals surface area contributed by atoms with Crippen molar-refractivity contribution in [3.63, 3.8) is 0 Å². The fraction of sp³-hybridized carbons (Fsp3) is 0.412. The first-order valence-corrected chi connectivity index (χ1v) is 7.38. The van der Waals surface area contributed by atoms with Gasteiger partial charge in [0.2, 0.25) is 0 Å². The zero-order valence-corrected chi connectivity index (χ0v) is 11.6. The van der Waals surface area contributed by atoms with E-state index in [0.29, 0.717) is 17.9 Å². The Morgan fingerprint density at radius 1 is 1.25 bits per heavy atom. The molecule has 20 heavy (non-hydrogen) atoms. The highest BCUT2D eigenvalue weighted by molar-refractivity contribution is 6.01. The topological polar surface area (TPSA) is 42.0 Å². The predicted molar refractivity (Wildman–Crippen MR) is 78.9 cm³/mol. The molecule has 2 aromatic rings. The van der Waals surface area contributed by atoms with Crippen molar-refractivity contribution in [1.82, 2.24) is 10.3 Å². The van der Waals surface area contributed by atoms with Crippen LogP contribution < -0.4 is 5.32 Å². The number of hydrogen-bond acceptors (Lipinski definition) is 3. The molecule has 3 heterocycles. The zero-order chi connectivity index (χ0) is 13.7. The standard InChI is InChI=1S/C17H18N2O/c1-10-2-3-11-8-12(4-6-15(11)18-10)17(20)14-9-13-5-7-16(14)19-13/h2-4,6,8,13-14,16,19H,5,7,9H2,1H3. The summed E-state index contributed by atoms with van der Waals surface area (Å²) in [4.78, 5) is 17.2. The Morgan fingerprint density at radius 2 is 2.15 bits per heavy atom. The third-order valence-electron chi connectivity index (χ3n) is 4.75. The first kappa shape index (κ1) is 12.0. The summed E-state index contributed by atoms with van der Waals surface area (Å²) in [6, 6.07) is 10.9. The number of aromatic nitrogens is 1. The van der Waals surface area contributed by atoms with E-state index in [1.165, 1.54) is 6.42 Å². The smallest absolute Gasteiger partial charge is 0.167 e. The van der Waals surface area contributed by atoms with Gasteiger partial charge in [0, 0.05) is 34.6 Å². The molecule has 0 saturated carbocycles. The number of pyridine rings is 1. The highest BCUT2D eigenvalue weighted by Crippen LogP contribution is 2.35. The summed E-state index contributed by atoms with van der Waals surface area (Å²) in [5.74, 6) is 0.469. The van der Waals surface area contributed by atoms with Crippen LogP contribution in [0.2, 0.25) is 0 Å². The monoisotopic (exact) mass is 266 g/mol. The number of carbonyl (C=O) groups is 1. The first-order valence-electron chi connectivity index (χ1n) is 7.38. The molecule has 3 nitrogen and oxygen atoms in total. The summed E-state index contributed by atoms with van der Waals surface area (Å²) in [6.45, 7) is 1.99. The van der Waals surface area contributed by atoms with E-state index in [2.05, 4.69) is 10.3 Å². The average Bonchev–Trinajstić information content (AvgIpc) is 3.08. The molecule has 3 atom stereocenters. The number of rotatable bonds is 2. The van der Waals surface area contributed by atoms with E-state index >= 15 is 0 Å². The third-order valence-corrected chi connectivity index (χ3v) is 4.75. The molecule has 3 heteroatoms. The van der Waals surface area contributed by atoms with Crippen molar-refractivity contribution in [2.75, 3.05) is 0 Å². The van der Waals surface area contributed by atoms with Gasteiger partial charge in [-0.05, 0) is 50.5 Å². The van der Waals surface area contributed by atoms with Gasteiger partial charge in [-0.25, -0.2) is 0 Å². The maximum atomic E-state index is 12.7. The highest BCUT2D eigenvalue weighted by atomic mass is 16.1. The molecule has 1 aromatic carbocycles. The fourth-order valence-electron chi connectivity index (χ4n) is 3.71. The van der Waals surface area contributed by atoms with Crippen LogP contribution in [0.1, 0.15) is 35.3 Å². The molecule has 0 amide bonds. The largest absolute Gasteiger partial charge is 0.310 e. The van der Waals surface area contributed by atoms with Crippen LogP contribution in [-0.2, 0) is 0 Å². The van der Waals surface area contributed by atoms with Gasteiger partial charge in [-0.1, -0.05) is 6.07 Å². The number of benzene rings is 1. The summed E-state index contributed by atoms with van der Waals surface area (Å²) in [6.07, 6.45) is 3.39. The van der Waals surface area contributed by atoms with Gasteiger partial charge in [0.25, 0.3) is 0 Å². The van der Waals surface area contributed by atoms with Crippen molar-refractivity contribution in [2.45, 2.75) is 38.3 Å². The van der Waals surface area contributed by atoms with Crippen LogP contribution in [0.15, 0.2) is 30.3 Å². The van der Waals surface area contributed by atoms with Crippen LogP contribution in [0.4, 0.5) is 0 Å². The molecule has 0 aliphatic carbocycles. The van der Waals surface area contributed by atoms with Gasteiger partial charge in [-0.15, -0.1) is 0 Å². The van der Waals surface area contributed by atoms with E-state index in [9.17, 15) is 4.79 Å². The predicted octanol–water partition coefficient (Wildman–Crippen LogP) is 2.87. The quantitative estimate of drug-likeness (QED) is 0.850.